The van der Waals surface area contributed by atoms with Gasteiger partial charge in [0.2, 0.25) is 0 Å². The number of amides is 1. The molecule has 1 aliphatic heterocycles. The van der Waals surface area contributed by atoms with Crippen molar-refractivity contribution in [2.24, 2.45) is 0 Å². The van der Waals surface area contributed by atoms with Crippen LogP contribution >= 0.6 is 0 Å². The average molecular weight is 606 g/mol. The Morgan fingerprint density at radius 2 is 1.51 bits per heavy atom. The van der Waals surface area contributed by atoms with Gasteiger partial charge in [-0.25, -0.2) is 4.79 Å². The van der Waals surface area contributed by atoms with Crippen LogP contribution < -0.4 is 10.2 Å². The van der Waals surface area contributed by atoms with E-state index < -0.39 is 17.7 Å². The molecule has 7 heteroatoms. The maximum atomic E-state index is 13.0. The van der Waals surface area contributed by atoms with Gasteiger partial charge in [0.1, 0.15) is 0 Å². The van der Waals surface area contributed by atoms with Gasteiger partial charge < -0.3 is 20.1 Å². The van der Waals surface area contributed by atoms with Crippen molar-refractivity contribution in [1.82, 2.24) is 10.3 Å². The van der Waals surface area contributed by atoms with Crippen LogP contribution in [0.5, 0.6) is 0 Å². The minimum Gasteiger partial charge on any atom is -0.479 e. The van der Waals surface area contributed by atoms with Gasteiger partial charge in [0.25, 0.3) is 5.91 Å². The van der Waals surface area contributed by atoms with E-state index in [0.29, 0.717) is 29.3 Å². The quantitative estimate of drug-likeness (QED) is 0.204. The van der Waals surface area contributed by atoms with Crippen molar-refractivity contribution in [2.45, 2.75) is 71.6 Å². The molecular formula is C38H43N3O4. The Balaban J connectivity index is 1.53. The third kappa shape index (κ3) is 7.60. The molecule has 45 heavy (non-hydrogen) atoms. The first-order valence-corrected chi connectivity index (χ1v) is 15.7. The summed E-state index contributed by atoms with van der Waals surface area (Å²) in [4.78, 5) is 33.0. The summed E-state index contributed by atoms with van der Waals surface area (Å²) >= 11 is 0. The van der Waals surface area contributed by atoms with Gasteiger partial charge in [-0.3, -0.25) is 9.78 Å². The lowest BCUT2D eigenvalue weighted by molar-refractivity contribution is -0.160. The van der Waals surface area contributed by atoms with E-state index in [4.69, 9.17) is 9.72 Å². The number of ether oxygens (including phenoxy) is 1. The predicted molar refractivity (Wildman–Crippen MR) is 179 cm³/mol. The molecular weight excluding hydrogens is 562 g/mol. The van der Waals surface area contributed by atoms with Gasteiger partial charge in [0, 0.05) is 47.7 Å². The molecule has 1 fully saturated rings. The summed E-state index contributed by atoms with van der Waals surface area (Å²) in [5.41, 5.74) is 6.86. The number of carbonyl (C=O) groups excluding carboxylic acids is 1. The number of hydrogen-bond acceptors (Lipinski definition) is 5. The molecule has 5 rings (SSSR count). The van der Waals surface area contributed by atoms with Crippen LogP contribution in [0.3, 0.4) is 0 Å². The Labute approximate surface area is 266 Å². The Morgan fingerprint density at radius 3 is 2.09 bits per heavy atom. The van der Waals surface area contributed by atoms with E-state index >= 15 is 0 Å². The van der Waals surface area contributed by atoms with Gasteiger partial charge >= 0.3 is 5.97 Å². The molecule has 2 heterocycles. The molecule has 1 unspecified atom stereocenters. The number of carboxylic acids is 1. The van der Waals surface area contributed by atoms with Crippen LogP contribution in [-0.2, 0) is 16.1 Å². The largest absolute Gasteiger partial charge is 0.479 e. The lowest BCUT2D eigenvalue weighted by Gasteiger charge is -2.38. The van der Waals surface area contributed by atoms with Crippen molar-refractivity contribution in [2.75, 3.05) is 18.0 Å². The second kappa shape index (κ2) is 13.7. The molecule has 1 aromatic heterocycles. The molecule has 1 atom stereocenters. The third-order valence-corrected chi connectivity index (χ3v) is 8.35. The molecule has 1 aliphatic rings. The van der Waals surface area contributed by atoms with Crippen LogP contribution in [0.4, 0.5) is 5.69 Å². The fourth-order valence-corrected chi connectivity index (χ4v) is 6.25. The number of carboxylic acid groups (broad SMARTS) is 1. The lowest BCUT2D eigenvalue weighted by Crippen LogP contribution is -2.36. The minimum absolute atomic E-state index is 0.155. The van der Waals surface area contributed by atoms with E-state index in [-0.39, 0.29) is 5.91 Å². The molecule has 4 aromatic rings. The van der Waals surface area contributed by atoms with Crippen molar-refractivity contribution in [3.05, 3.63) is 119 Å². The number of aromatic nitrogens is 1. The molecule has 7 nitrogen and oxygen atoms in total. The lowest BCUT2D eigenvalue weighted by atomic mass is 9.87. The van der Waals surface area contributed by atoms with E-state index in [1.54, 1.807) is 0 Å². The van der Waals surface area contributed by atoms with Crippen molar-refractivity contribution < 1.29 is 19.4 Å². The molecule has 2 N–H and O–H groups in total. The Bertz CT molecular complexity index is 1620. The predicted octanol–water partition coefficient (Wildman–Crippen LogP) is 7.62. The summed E-state index contributed by atoms with van der Waals surface area (Å²) in [6, 6.07) is 27.9. The highest BCUT2D eigenvalue weighted by Gasteiger charge is 2.35. The standard InChI is InChI=1S/C38H43N3O4/c1-25-32(30-16-18-31(19-17-30)36(42)39-24-27-12-8-6-9-13-27)34(33(26(2)40-25)35(37(43)44)45-38(3,4)5)41-22-20-29(21-23-41)28-14-10-7-11-15-28/h6-19,29,35H,20-24H2,1-5H3,(H,39,42)(H,43,44). The Kier molecular flexibility index (Phi) is 9.68. The number of aryl methyl sites for hydroxylation is 2. The van der Waals surface area contributed by atoms with Crippen molar-refractivity contribution in [1.29, 1.82) is 0 Å². The topological polar surface area (TPSA) is 91.8 Å². The normalized spacial score (nSPS) is 14.6. The fraction of sp³-hybridized carbons (Fsp3) is 0.342. The Hall–Kier alpha value is -4.49. The molecule has 234 valence electrons. The van der Waals surface area contributed by atoms with Crippen molar-refractivity contribution in [3.63, 3.8) is 0 Å². The van der Waals surface area contributed by atoms with Crippen LogP contribution in [-0.4, -0.2) is 40.7 Å². The maximum absolute atomic E-state index is 13.0. The number of hydrogen-bond donors (Lipinski definition) is 2. The number of rotatable bonds is 9. The zero-order chi connectivity index (χ0) is 32.1. The first-order valence-electron chi connectivity index (χ1n) is 15.7. The van der Waals surface area contributed by atoms with E-state index in [1.165, 1.54) is 5.56 Å². The van der Waals surface area contributed by atoms with Gasteiger partial charge in [-0.2, -0.15) is 0 Å². The second-order valence-electron chi connectivity index (χ2n) is 12.8. The average Bonchev–Trinajstić information content (AvgIpc) is 3.03. The molecule has 0 bridgehead atoms. The fourth-order valence-electron chi connectivity index (χ4n) is 6.25. The molecule has 0 saturated carbocycles. The highest BCUT2D eigenvalue weighted by Crippen LogP contribution is 2.44. The first-order chi connectivity index (χ1) is 21.5. The maximum Gasteiger partial charge on any atom is 0.337 e. The molecule has 1 saturated heterocycles. The van der Waals surface area contributed by atoms with Crippen LogP contribution in [0.15, 0.2) is 84.9 Å². The van der Waals surface area contributed by atoms with Gasteiger partial charge in [0.15, 0.2) is 6.10 Å². The first kappa shape index (κ1) is 31.9. The SMILES string of the molecule is Cc1nc(C)c(C(OC(C)(C)C)C(=O)O)c(N2CCC(c3ccccc3)CC2)c1-c1ccc(C(=O)NCc2ccccc2)cc1. The number of anilines is 1. The van der Waals surface area contributed by atoms with Crippen LogP contribution in [0.1, 0.15) is 84.1 Å². The third-order valence-electron chi connectivity index (χ3n) is 8.35. The highest BCUT2D eigenvalue weighted by molar-refractivity contribution is 5.95. The van der Waals surface area contributed by atoms with Crippen molar-refractivity contribution >= 4 is 17.6 Å². The summed E-state index contributed by atoms with van der Waals surface area (Å²) < 4.78 is 6.21. The van der Waals surface area contributed by atoms with Gasteiger partial charge in [-0.05, 0) is 82.2 Å². The number of pyridine rings is 1. The number of piperidine rings is 1. The summed E-state index contributed by atoms with van der Waals surface area (Å²) in [6.45, 7) is 11.4. The zero-order valence-electron chi connectivity index (χ0n) is 26.8. The second-order valence-corrected chi connectivity index (χ2v) is 12.8. The number of nitrogens with one attached hydrogen (secondary N) is 1. The summed E-state index contributed by atoms with van der Waals surface area (Å²) in [7, 11) is 0. The molecule has 0 aliphatic carbocycles. The van der Waals surface area contributed by atoms with E-state index in [1.807, 2.05) is 95.3 Å². The molecule has 0 radical (unpaired) electrons. The van der Waals surface area contributed by atoms with Gasteiger partial charge in [-0.1, -0.05) is 72.8 Å². The summed E-state index contributed by atoms with van der Waals surface area (Å²) in [5, 5.41) is 13.5. The van der Waals surface area contributed by atoms with Gasteiger partial charge in [-0.15, -0.1) is 0 Å². The van der Waals surface area contributed by atoms with Crippen LogP contribution in [0.2, 0.25) is 0 Å². The van der Waals surface area contributed by atoms with Crippen molar-refractivity contribution in [3.8, 4) is 11.1 Å². The summed E-state index contributed by atoms with van der Waals surface area (Å²) in [5.74, 6) is -0.763. The smallest absolute Gasteiger partial charge is 0.337 e. The minimum atomic E-state index is -1.19. The molecule has 3 aromatic carbocycles. The zero-order valence-corrected chi connectivity index (χ0v) is 26.8. The molecule has 1 amide bonds. The van der Waals surface area contributed by atoms with Gasteiger partial charge in [0.05, 0.1) is 11.3 Å². The monoisotopic (exact) mass is 605 g/mol. The van der Waals surface area contributed by atoms with E-state index in [2.05, 4.69) is 34.5 Å². The van der Waals surface area contributed by atoms with Crippen LogP contribution in [0.25, 0.3) is 11.1 Å². The van der Waals surface area contributed by atoms with E-state index in [9.17, 15) is 14.7 Å². The van der Waals surface area contributed by atoms with E-state index in [0.717, 1.165) is 54.0 Å². The molecule has 0 spiro atoms. The number of benzene rings is 3. The Morgan fingerprint density at radius 1 is 0.911 bits per heavy atom. The highest BCUT2D eigenvalue weighted by atomic mass is 16.5. The number of nitrogens with zero attached hydrogens (tertiary/aromatic N) is 2. The number of carbonyl (C=O) groups is 2. The summed E-state index contributed by atoms with van der Waals surface area (Å²) in [6.07, 6.45) is 0.699. The van der Waals surface area contributed by atoms with Crippen LogP contribution in [0, 0.1) is 13.8 Å². The number of aliphatic carboxylic acids is 1.